The van der Waals surface area contributed by atoms with Crippen molar-refractivity contribution < 1.29 is 56.4 Å². The number of hydrogen-bond donors (Lipinski definition) is 3. The summed E-state index contributed by atoms with van der Waals surface area (Å²) in [6.07, 6.45) is -5.60. The van der Waals surface area contributed by atoms with Gasteiger partial charge >= 0.3 is 23.8 Å². The molecule has 0 fully saturated rings. The number of hydrogen-bond acceptors (Lipinski definition) is 11. The topological polar surface area (TPSA) is 183 Å². The van der Waals surface area contributed by atoms with Gasteiger partial charge in [0, 0.05) is 24.2 Å². The van der Waals surface area contributed by atoms with E-state index in [0.29, 0.717) is 30.4 Å². The fraction of sp³-hybridized carbons (Fsp3) is 0.556. The first-order valence-corrected chi connectivity index (χ1v) is 13.4. The Bertz CT molecular complexity index is 1360. The lowest BCUT2D eigenvalue weighted by atomic mass is 10.00. The summed E-state index contributed by atoms with van der Waals surface area (Å²) in [7, 11) is 3.56. The largest absolute Gasteiger partial charge is 0.497 e. The molecule has 2 rings (SSSR count). The summed E-state index contributed by atoms with van der Waals surface area (Å²) >= 11 is 0. The third kappa shape index (κ3) is 9.95. The molecular weight excluding hydrogens is 609 g/mol. The number of aliphatic hydroxyl groups is 1. The Kier molecular flexibility index (Phi) is 12.1. The smallest absolute Gasteiger partial charge is 0.434 e. The molecule has 45 heavy (non-hydrogen) atoms. The number of methoxy groups -OCH3 is 3. The fourth-order valence-corrected chi connectivity index (χ4v) is 3.88. The molecule has 0 aliphatic heterocycles. The van der Waals surface area contributed by atoms with Gasteiger partial charge in [-0.25, -0.2) is 9.59 Å². The van der Waals surface area contributed by atoms with Gasteiger partial charge < -0.3 is 39.6 Å². The lowest BCUT2D eigenvalue weighted by Crippen LogP contribution is -2.50. The second-order valence-electron chi connectivity index (χ2n) is 10.8. The highest BCUT2D eigenvalue weighted by molar-refractivity contribution is 5.87. The van der Waals surface area contributed by atoms with Crippen molar-refractivity contribution in [2.24, 2.45) is 0 Å². The van der Waals surface area contributed by atoms with E-state index < -0.39 is 66.1 Å². The van der Waals surface area contributed by atoms with Crippen molar-refractivity contribution in [1.82, 2.24) is 30.5 Å². The standard InChI is InChI=1S/C27H37F3N6O9/c1-16(12-36-14-20(33-34-36)26(41,23(39)44-7)27(28,29)30)32-21(37)15-35(22(38)11-31-24(40)45-25(2,3)4)13-17-8-9-18(42-5)10-19(17)43-6/h8-10,14,16,41H,11-13,15H2,1-7H3,(H,31,40)(H,32,37)/t16-,26?/m0/s1. The number of carbonyl (C=O) groups excluding carboxylic acids is 4. The summed E-state index contributed by atoms with van der Waals surface area (Å²) in [5, 5.41) is 21.8. The van der Waals surface area contributed by atoms with Crippen LogP contribution in [0.5, 0.6) is 11.5 Å². The summed E-state index contributed by atoms with van der Waals surface area (Å²) in [6, 6.07) is 4.08. The number of amides is 3. The molecule has 18 heteroatoms. The lowest BCUT2D eigenvalue weighted by Gasteiger charge is -2.25. The second kappa shape index (κ2) is 14.9. The van der Waals surface area contributed by atoms with Crippen LogP contribution in [0, 0.1) is 0 Å². The van der Waals surface area contributed by atoms with Crippen molar-refractivity contribution in [2.45, 2.75) is 64.2 Å². The maximum absolute atomic E-state index is 13.5. The molecule has 2 aromatic rings. The van der Waals surface area contributed by atoms with Crippen molar-refractivity contribution in [2.75, 3.05) is 34.4 Å². The van der Waals surface area contributed by atoms with Crippen LogP contribution in [0.3, 0.4) is 0 Å². The number of aromatic nitrogens is 3. The first-order chi connectivity index (χ1) is 20.8. The van der Waals surface area contributed by atoms with Gasteiger partial charge in [0.25, 0.3) is 0 Å². The van der Waals surface area contributed by atoms with E-state index in [2.05, 4.69) is 25.7 Å². The third-order valence-electron chi connectivity index (χ3n) is 5.99. The van der Waals surface area contributed by atoms with Crippen molar-refractivity contribution >= 4 is 23.9 Å². The van der Waals surface area contributed by atoms with Crippen LogP contribution in [-0.2, 0) is 42.5 Å². The predicted octanol–water partition coefficient (Wildman–Crippen LogP) is 1.28. The van der Waals surface area contributed by atoms with E-state index in [9.17, 15) is 37.5 Å². The number of benzene rings is 1. The summed E-state index contributed by atoms with van der Waals surface area (Å²) in [5.41, 5.74) is -5.47. The molecule has 0 radical (unpaired) electrons. The number of carbonyl (C=O) groups is 4. The van der Waals surface area contributed by atoms with E-state index >= 15 is 0 Å². The van der Waals surface area contributed by atoms with E-state index in [4.69, 9.17) is 14.2 Å². The van der Waals surface area contributed by atoms with Crippen LogP contribution in [-0.4, -0.2) is 101 Å². The summed E-state index contributed by atoms with van der Waals surface area (Å²) < 4.78 is 61.2. The van der Waals surface area contributed by atoms with Crippen LogP contribution in [0.4, 0.5) is 18.0 Å². The average Bonchev–Trinajstić information content (AvgIpc) is 3.41. The van der Waals surface area contributed by atoms with Crippen molar-refractivity contribution in [3.63, 3.8) is 0 Å². The van der Waals surface area contributed by atoms with Crippen LogP contribution in [0.15, 0.2) is 24.4 Å². The molecule has 0 saturated carbocycles. The molecule has 1 heterocycles. The van der Waals surface area contributed by atoms with E-state index in [0.717, 1.165) is 9.58 Å². The molecule has 0 aliphatic rings. The monoisotopic (exact) mass is 646 g/mol. The number of nitrogens with zero attached hydrogens (tertiary/aromatic N) is 4. The number of alkyl halides is 3. The molecular formula is C27H37F3N6O9. The van der Waals surface area contributed by atoms with Crippen molar-refractivity contribution in [3.05, 3.63) is 35.7 Å². The molecule has 2 atom stereocenters. The highest BCUT2D eigenvalue weighted by Gasteiger charge is 2.64. The normalized spacial score (nSPS) is 13.6. The van der Waals surface area contributed by atoms with E-state index in [1.54, 1.807) is 39.0 Å². The van der Waals surface area contributed by atoms with Gasteiger partial charge in [-0.3, -0.25) is 14.3 Å². The van der Waals surface area contributed by atoms with Gasteiger partial charge in [-0.15, -0.1) is 5.10 Å². The number of rotatable bonds is 13. The highest BCUT2D eigenvalue weighted by Crippen LogP contribution is 2.39. The molecule has 0 bridgehead atoms. The number of alkyl carbamates (subject to hydrolysis) is 1. The van der Waals surface area contributed by atoms with Gasteiger partial charge in [0.15, 0.2) is 0 Å². The fourth-order valence-electron chi connectivity index (χ4n) is 3.88. The zero-order valence-corrected chi connectivity index (χ0v) is 25.9. The van der Waals surface area contributed by atoms with Crippen LogP contribution >= 0.6 is 0 Å². The Labute approximate surface area is 256 Å². The number of esters is 1. The molecule has 3 N–H and O–H groups in total. The maximum Gasteiger partial charge on any atom is 0.434 e. The van der Waals surface area contributed by atoms with Crippen molar-refractivity contribution in [3.8, 4) is 11.5 Å². The lowest BCUT2D eigenvalue weighted by molar-refractivity contribution is -0.268. The second-order valence-corrected chi connectivity index (χ2v) is 10.8. The maximum atomic E-state index is 13.5. The van der Waals surface area contributed by atoms with Crippen LogP contribution < -0.4 is 20.1 Å². The highest BCUT2D eigenvalue weighted by atomic mass is 19.4. The molecule has 250 valence electrons. The molecule has 1 aromatic heterocycles. The van der Waals surface area contributed by atoms with E-state index in [1.807, 2.05) is 0 Å². The van der Waals surface area contributed by atoms with Crippen molar-refractivity contribution in [1.29, 1.82) is 0 Å². The minimum absolute atomic E-state index is 0.111. The average molecular weight is 647 g/mol. The van der Waals surface area contributed by atoms with Gasteiger partial charge in [-0.1, -0.05) is 5.21 Å². The molecule has 1 aromatic carbocycles. The number of nitrogens with one attached hydrogen (secondary N) is 2. The van der Waals surface area contributed by atoms with Crippen LogP contribution in [0.1, 0.15) is 39.0 Å². The Morgan fingerprint density at radius 2 is 1.76 bits per heavy atom. The molecule has 0 saturated heterocycles. The third-order valence-corrected chi connectivity index (χ3v) is 5.99. The van der Waals surface area contributed by atoms with E-state index in [1.165, 1.54) is 21.1 Å². The zero-order chi connectivity index (χ0) is 34.2. The van der Waals surface area contributed by atoms with Gasteiger partial charge in [0.1, 0.15) is 29.3 Å². The minimum Gasteiger partial charge on any atom is -0.497 e. The SMILES string of the molecule is COC(=O)C(O)(c1cn(C[C@H](C)NC(=O)CN(Cc2ccc(OC)cc2OC)C(=O)CNC(=O)OC(C)(C)C)nn1)C(F)(F)F. The quantitative estimate of drug-likeness (QED) is 0.267. The Morgan fingerprint density at radius 1 is 1.09 bits per heavy atom. The van der Waals surface area contributed by atoms with Gasteiger partial charge in [0.05, 0.1) is 40.6 Å². The molecule has 1 unspecified atom stereocenters. The first kappa shape index (κ1) is 36.6. The van der Waals surface area contributed by atoms with Gasteiger partial charge in [-0.05, 0) is 39.8 Å². The molecule has 0 aliphatic carbocycles. The molecule has 3 amide bonds. The Morgan fingerprint density at radius 3 is 2.31 bits per heavy atom. The predicted molar refractivity (Wildman–Crippen MR) is 149 cm³/mol. The van der Waals surface area contributed by atoms with Crippen LogP contribution in [0.2, 0.25) is 0 Å². The molecule has 15 nitrogen and oxygen atoms in total. The zero-order valence-electron chi connectivity index (χ0n) is 25.9. The van der Waals surface area contributed by atoms with Gasteiger partial charge in [-0.2, -0.15) is 13.2 Å². The Balaban J connectivity index is 2.18. The van der Waals surface area contributed by atoms with Crippen LogP contribution in [0.25, 0.3) is 0 Å². The summed E-state index contributed by atoms with van der Waals surface area (Å²) in [5.74, 6) is -2.45. The summed E-state index contributed by atoms with van der Waals surface area (Å²) in [6.45, 7) is 5.12. The van der Waals surface area contributed by atoms with Gasteiger partial charge in [0.2, 0.25) is 11.8 Å². The minimum atomic E-state index is -5.46. The summed E-state index contributed by atoms with van der Waals surface area (Å²) in [4.78, 5) is 51.1. The first-order valence-electron chi connectivity index (χ1n) is 13.4. The van der Waals surface area contributed by atoms with E-state index in [-0.39, 0.29) is 13.1 Å². The Hall–Kier alpha value is -4.61. The number of ether oxygens (including phenoxy) is 4. The number of halogens is 3. The molecule has 0 spiro atoms.